The van der Waals surface area contributed by atoms with Crippen LogP contribution in [0, 0.1) is 5.82 Å². The van der Waals surface area contributed by atoms with Crippen LogP contribution in [0.25, 0.3) is 11.0 Å². The van der Waals surface area contributed by atoms with Crippen molar-refractivity contribution in [3.8, 4) is 0 Å². The van der Waals surface area contributed by atoms with E-state index in [0.29, 0.717) is 17.4 Å². The maximum atomic E-state index is 13.2. The molecule has 0 aliphatic carbocycles. The molecule has 4 rings (SSSR count). The lowest BCUT2D eigenvalue weighted by Gasteiger charge is -2.07. The number of halogens is 1. The predicted molar refractivity (Wildman–Crippen MR) is 78.1 cm³/mol. The third-order valence-electron chi connectivity index (χ3n) is 3.81. The van der Waals surface area contributed by atoms with Gasteiger partial charge in [-0.05, 0) is 35.9 Å². The Morgan fingerprint density at radius 3 is 2.90 bits per heavy atom. The molecule has 4 heteroatoms. The number of benzene rings is 2. The number of hydrogen-bond donors (Lipinski definition) is 1. The highest BCUT2D eigenvalue weighted by molar-refractivity contribution is 6.03. The van der Waals surface area contributed by atoms with E-state index < -0.39 is 0 Å². The smallest absolute Gasteiger partial charge is 0.220 e. The molecule has 1 aromatic heterocycles. The average Bonchev–Trinajstić information content (AvgIpc) is 3.09. The van der Waals surface area contributed by atoms with Gasteiger partial charge in [-0.3, -0.25) is 4.79 Å². The number of anilines is 1. The molecule has 1 atom stereocenters. The maximum Gasteiger partial charge on any atom is 0.220 e. The first kappa shape index (κ1) is 12.1. The van der Waals surface area contributed by atoms with Gasteiger partial charge in [0.2, 0.25) is 5.78 Å². The third-order valence-corrected chi connectivity index (χ3v) is 3.81. The van der Waals surface area contributed by atoms with Gasteiger partial charge in [0.1, 0.15) is 11.4 Å². The van der Waals surface area contributed by atoms with Crippen LogP contribution in [-0.2, 0) is 6.42 Å². The van der Waals surface area contributed by atoms with Crippen molar-refractivity contribution in [2.75, 3.05) is 5.32 Å². The number of nitrogens with one attached hydrogen (secondary N) is 1. The van der Waals surface area contributed by atoms with E-state index in [9.17, 15) is 9.18 Å². The first-order valence-corrected chi connectivity index (χ1v) is 6.78. The summed E-state index contributed by atoms with van der Waals surface area (Å²) in [5.74, 6) is -0.183. The number of fused-ring (bicyclic) bond motifs is 2. The van der Waals surface area contributed by atoms with Gasteiger partial charge in [0.05, 0.1) is 6.04 Å². The summed E-state index contributed by atoms with van der Waals surface area (Å²) in [6, 6.07) is 13.4. The maximum absolute atomic E-state index is 13.2. The van der Waals surface area contributed by atoms with Gasteiger partial charge >= 0.3 is 0 Å². The SMILES string of the molecule is O=C(c1cc2cc(F)ccc2o1)C1Cc2ccccc2N1. The van der Waals surface area contributed by atoms with Gasteiger partial charge in [0, 0.05) is 17.5 Å². The van der Waals surface area contributed by atoms with Gasteiger partial charge in [-0.15, -0.1) is 0 Å². The minimum Gasteiger partial charge on any atom is -0.453 e. The van der Waals surface area contributed by atoms with E-state index in [2.05, 4.69) is 5.32 Å². The molecule has 1 aliphatic heterocycles. The highest BCUT2D eigenvalue weighted by atomic mass is 19.1. The van der Waals surface area contributed by atoms with Crippen LogP contribution in [0.1, 0.15) is 16.1 Å². The fourth-order valence-corrected chi connectivity index (χ4v) is 2.76. The molecular formula is C17H12FNO2. The molecule has 2 aromatic carbocycles. The Kier molecular flexibility index (Phi) is 2.57. The molecule has 104 valence electrons. The summed E-state index contributed by atoms with van der Waals surface area (Å²) >= 11 is 0. The summed E-state index contributed by atoms with van der Waals surface area (Å²) in [6.07, 6.45) is 0.639. The second kappa shape index (κ2) is 4.45. The molecular weight excluding hydrogens is 269 g/mol. The topological polar surface area (TPSA) is 42.2 Å². The van der Waals surface area contributed by atoms with Crippen molar-refractivity contribution in [3.63, 3.8) is 0 Å². The highest BCUT2D eigenvalue weighted by Gasteiger charge is 2.29. The first-order chi connectivity index (χ1) is 10.2. The van der Waals surface area contributed by atoms with E-state index >= 15 is 0 Å². The Hall–Kier alpha value is -2.62. The van der Waals surface area contributed by atoms with Crippen LogP contribution in [0.3, 0.4) is 0 Å². The van der Waals surface area contributed by atoms with E-state index in [4.69, 9.17) is 4.42 Å². The van der Waals surface area contributed by atoms with E-state index in [1.165, 1.54) is 18.2 Å². The Balaban J connectivity index is 1.65. The summed E-state index contributed by atoms with van der Waals surface area (Å²) in [4.78, 5) is 12.5. The Morgan fingerprint density at radius 1 is 1.19 bits per heavy atom. The Bertz CT molecular complexity index is 828. The number of rotatable bonds is 2. The lowest BCUT2D eigenvalue weighted by Crippen LogP contribution is -2.26. The summed E-state index contributed by atoms with van der Waals surface area (Å²) in [5.41, 5.74) is 2.63. The van der Waals surface area contributed by atoms with Crippen LogP contribution in [0.5, 0.6) is 0 Å². The number of furan rings is 1. The van der Waals surface area contributed by atoms with Crippen molar-refractivity contribution in [1.82, 2.24) is 0 Å². The van der Waals surface area contributed by atoms with Crippen LogP contribution in [0.4, 0.5) is 10.1 Å². The van der Waals surface area contributed by atoms with E-state index in [-0.39, 0.29) is 23.4 Å². The normalized spacial score (nSPS) is 16.7. The molecule has 1 aliphatic rings. The molecule has 0 saturated heterocycles. The minimum atomic E-state index is -0.339. The zero-order valence-corrected chi connectivity index (χ0v) is 11.1. The van der Waals surface area contributed by atoms with E-state index in [1.807, 2.05) is 24.3 Å². The summed E-state index contributed by atoms with van der Waals surface area (Å²) < 4.78 is 18.7. The van der Waals surface area contributed by atoms with Gasteiger partial charge < -0.3 is 9.73 Å². The zero-order chi connectivity index (χ0) is 14.4. The fraction of sp³-hybridized carbons (Fsp3) is 0.118. The molecule has 1 N–H and O–H groups in total. The molecule has 3 nitrogen and oxygen atoms in total. The Morgan fingerprint density at radius 2 is 2.05 bits per heavy atom. The number of carbonyl (C=O) groups excluding carboxylic acids is 1. The van der Waals surface area contributed by atoms with Crippen molar-refractivity contribution >= 4 is 22.4 Å². The van der Waals surface area contributed by atoms with Crippen LogP contribution < -0.4 is 5.32 Å². The first-order valence-electron chi connectivity index (χ1n) is 6.78. The number of Topliss-reactive ketones (excluding diaryl/α,β-unsaturated/α-hetero) is 1. The zero-order valence-electron chi connectivity index (χ0n) is 11.1. The lowest BCUT2D eigenvalue weighted by molar-refractivity contribution is 0.0947. The van der Waals surface area contributed by atoms with Crippen molar-refractivity contribution < 1.29 is 13.6 Å². The second-order valence-corrected chi connectivity index (χ2v) is 5.22. The second-order valence-electron chi connectivity index (χ2n) is 5.22. The van der Waals surface area contributed by atoms with Crippen molar-refractivity contribution in [2.45, 2.75) is 12.5 Å². The highest BCUT2D eigenvalue weighted by Crippen LogP contribution is 2.28. The van der Waals surface area contributed by atoms with Gasteiger partial charge in [0.25, 0.3) is 0 Å². The molecule has 0 bridgehead atoms. The van der Waals surface area contributed by atoms with Crippen molar-refractivity contribution in [3.05, 3.63) is 65.7 Å². The molecule has 0 radical (unpaired) electrons. The number of ketones is 1. The molecule has 0 fully saturated rings. The molecule has 0 spiro atoms. The van der Waals surface area contributed by atoms with Gasteiger partial charge in [0.15, 0.2) is 5.76 Å². The number of hydrogen-bond acceptors (Lipinski definition) is 3. The molecule has 0 amide bonds. The van der Waals surface area contributed by atoms with Crippen molar-refractivity contribution in [1.29, 1.82) is 0 Å². The minimum absolute atomic E-state index is 0.109. The predicted octanol–water partition coefficient (Wildman–Crippen LogP) is 3.79. The van der Waals surface area contributed by atoms with Gasteiger partial charge in [-0.2, -0.15) is 0 Å². The quantitative estimate of drug-likeness (QED) is 0.727. The third kappa shape index (κ3) is 2.00. The standard InChI is InChI=1S/C17H12FNO2/c18-12-5-6-15-11(7-12)9-16(21-15)17(20)14-8-10-3-1-2-4-13(10)19-14/h1-7,9,14,19H,8H2. The molecule has 2 heterocycles. The van der Waals surface area contributed by atoms with Crippen molar-refractivity contribution in [2.24, 2.45) is 0 Å². The average molecular weight is 281 g/mol. The Labute approximate surface area is 120 Å². The molecule has 21 heavy (non-hydrogen) atoms. The summed E-state index contributed by atoms with van der Waals surface area (Å²) in [7, 11) is 0. The van der Waals surface area contributed by atoms with Gasteiger partial charge in [-0.1, -0.05) is 18.2 Å². The van der Waals surface area contributed by atoms with Crippen LogP contribution >= 0.6 is 0 Å². The summed E-state index contributed by atoms with van der Waals surface area (Å²) in [6.45, 7) is 0. The lowest BCUT2D eigenvalue weighted by atomic mass is 10.1. The van der Waals surface area contributed by atoms with E-state index in [1.54, 1.807) is 6.07 Å². The van der Waals surface area contributed by atoms with Crippen LogP contribution in [0.15, 0.2) is 52.9 Å². The van der Waals surface area contributed by atoms with Crippen LogP contribution in [0.2, 0.25) is 0 Å². The molecule has 1 unspecified atom stereocenters. The molecule has 3 aromatic rings. The molecule has 0 saturated carbocycles. The largest absolute Gasteiger partial charge is 0.453 e. The van der Waals surface area contributed by atoms with Crippen LogP contribution in [-0.4, -0.2) is 11.8 Å². The fourth-order valence-electron chi connectivity index (χ4n) is 2.76. The monoisotopic (exact) mass is 281 g/mol. The number of para-hydroxylation sites is 1. The number of carbonyl (C=O) groups is 1. The van der Waals surface area contributed by atoms with Gasteiger partial charge in [-0.25, -0.2) is 4.39 Å². The summed E-state index contributed by atoms with van der Waals surface area (Å²) in [5, 5.41) is 3.81. The van der Waals surface area contributed by atoms with E-state index in [0.717, 1.165) is 11.3 Å².